The number of hydrogen-bond acceptors (Lipinski definition) is 10. The molecule has 0 unspecified atom stereocenters. The third-order valence-electron chi connectivity index (χ3n) is 16.4. The highest BCUT2D eigenvalue weighted by molar-refractivity contribution is 6.40. The molecular formula is C68H92N10O6. The molecule has 0 saturated heterocycles. The van der Waals surface area contributed by atoms with Gasteiger partial charge in [-0.15, -0.1) is 30.0 Å². The fourth-order valence-electron chi connectivity index (χ4n) is 10.8. The van der Waals surface area contributed by atoms with Crippen LogP contribution in [0.25, 0.3) is 33.4 Å². The molecule has 0 radical (unpaired) electrons. The lowest BCUT2D eigenvalue weighted by Gasteiger charge is -2.27. The van der Waals surface area contributed by atoms with Crippen LogP contribution >= 0.6 is 0 Å². The van der Waals surface area contributed by atoms with Crippen molar-refractivity contribution < 1.29 is 29.4 Å². The second kappa shape index (κ2) is 30.8. The SMILES string of the molecule is CCCCCCCCc1ccc2nn(-c3cc(C(C)(C)CCCCC)cc(CNC(=O)C(=O)Nc4ccc(NC(=O)C(=O)NCc5cc(C(C)(C)CCCCC)cc(-n6nc7ccc(CCCCCCCC)cc7n6)c5O)cc4)c3O)nc2c1. The van der Waals surface area contributed by atoms with Crippen LogP contribution in [0.1, 0.15) is 217 Å². The first-order valence-corrected chi connectivity index (χ1v) is 31.2. The van der Waals surface area contributed by atoms with Crippen molar-refractivity contribution in [3.63, 3.8) is 0 Å². The number of aryl methyl sites for hydroxylation is 2. The van der Waals surface area contributed by atoms with Gasteiger partial charge in [-0.2, -0.15) is 0 Å². The monoisotopic (exact) mass is 1140 g/mol. The summed E-state index contributed by atoms with van der Waals surface area (Å²) in [5.41, 5.74) is 8.64. The van der Waals surface area contributed by atoms with Crippen LogP contribution in [0.2, 0.25) is 0 Å². The molecule has 5 aromatic carbocycles. The molecule has 4 amide bonds. The Morgan fingerprint density at radius 3 is 1.14 bits per heavy atom. The summed E-state index contributed by atoms with van der Waals surface area (Å²) in [6.45, 7) is 17.1. The van der Waals surface area contributed by atoms with Crippen molar-refractivity contribution in [2.75, 3.05) is 10.6 Å². The summed E-state index contributed by atoms with van der Waals surface area (Å²) in [7, 11) is 0. The summed E-state index contributed by atoms with van der Waals surface area (Å²) in [6.07, 6.45) is 24.7. The van der Waals surface area contributed by atoms with E-state index in [2.05, 4.69) is 101 Å². The van der Waals surface area contributed by atoms with Crippen LogP contribution in [0.4, 0.5) is 11.4 Å². The topological polar surface area (TPSA) is 218 Å². The first kappa shape index (κ1) is 64.0. The number of nitrogens with zero attached hydrogens (tertiary/aromatic N) is 6. The van der Waals surface area contributed by atoms with Gasteiger partial charge in [-0.1, -0.05) is 170 Å². The molecule has 0 bridgehead atoms. The van der Waals surface area contributed by atoms with Gasteiger partial charge < -0.3 is 31.5 Å². The maximum atomic E-state index is 13.4. The Hall–Kier alpha value is -7.62. The number of anilines is 2. The zero-order valence-corrected chi connectivity index (χ0v) is 51.3. The predicted molar refractivity (Wildman–Crippen MR) is 337 cm³/mol. The van der Waals surface area contributed by atoms with Crippen molar-refractivity contribution in [3.05, 3.63) is 118 Å². The number of phenolic OH excluding ortho intramolecular Hbond substituents is 2. The lowest BCUT2D eigenvalue weighted by Crippen LogP contribution is -2.35. The number of unbranched alkanes of at least 4 members (excludes halogenated alkanes) is 14. The summed E-state index contributed by atoms with van der Waals surface area (Å²) in [4.78, 5) is 56.2. The Morgan fingerprint density at radius 1 is 0.417 bits per heavy atom. The number of amides is 4. The Bertz CT molecular complexity index is 3100. The molecule has 0 aliphatic heterocycles. The molecule has 16 nitrogen and oxygen atoms in total. The summed E-state index contributed by atoms with van der Waals surface area (Å²) in [5.74, 6) is -3.95. The van der Waals surface area contributed by atoms with Crippen LogP contribution in [0.3, 0.4) is 0 Å². The number of aromatic nitrogens is 6. The van der Waals surface area contributed by atoms with Crippen LogP contribution in [0.15, 0.2) is 84.9 Å². The Balaban J connectivity index is 0.978. The Labute approximate surface area is 497 Å². The van der Waals surface area contributed by atoms with Gasteiger partial charge in [0.1, 0.15) is 44.9 Å². The number of aromatic hydroxyl groups is 2. The number of carbonyl (C=O) groups excluding carboxylic acids is 4. The van der Waals surface area contributed by atoms with E-state index in [4.69, 9.17) is 20.4 Å². The number of rotatable bonds is 32. The minimum atomic E-state index is -0.942. The predicted octanol–water partition coefficient (Wildman–Crippen LogP) is 14.6. The second-order valence-electron chi connectivity index (χ2n) is 24.2. The van der Waals surface area contributed by atoms with Crippen LogP contribution in [0, 0.1) is 0 Å². The number of phenols is 2. The summed E-state index contributed by atoms with van der Waals surface area (Å²) in [5, 5.41) is 53.3. The number of carbonyl (C=O) groups is 4. The standard InChI is InChI=1S/C68H92N10O6/c1-9-13-17-19-21-23-27-47-29-35-55-57(39-47)75-77(73-55)59-43-51(67(5,6)37-25-15-11-3)41-49(61(59)79)45-69-63(81)65(83)71-53-31-33-54(34-32-53)72-66(84)64(82)70-46-50-42-52(68(7,8)38-26-16-12-4)44-60(62(50)80)78-74-56-36-30-48(40-58(56)76-78)28-24-22-20-18-14-10-2/h29-36,39-44,79-80H,9-28,37-38,45-46H2,1-8H3,(H,69,81)(H,70,82)(H,71,83)(H,72,84). The Morgan fingerprint density at radius 2 is 0.762 bits per heavy atom. The molecule has 0 atom stereocenters. The van der Waals surface area contributed by atoms with E-state index in [0.717, 1.165) is 99.2 Å². The lowest BCUT2D eigenvalue weighted by atomic mass is 9.79. The molecular weight excluding hydrogens is 1050 g/mol. The van der Waals surface area contributed by atoms with Crippen LogP contribution in [0.5, 0.6) is 11.5 Å². The third-order valence-corrected chi connectivity index (χ3v) is 16.4. The maximum Gasteiger partial charge on any atom is 0.313 e. The number of hydrogen-bond donors (Lipinski definition) is 6. The zero-order valence-electron chi connectivity index (χ0n) is 51.3. The molecule has 0 aliphatic carbocycles. The second-order valence-corrected chi connectivity index (χ2v) is 24.2. The molecule has 7 rings (SSSR count). The van der Waals surface area contributed by atoms with Crippen molar-refractivity contribution in [3.8, 4) is 22.9 Å². The first-order valence-electron chi connectivity index (χ1n) is 31.2. The molecule has 450 valence electrons. The quantitative estimate of drug-likeness (QED) is 0.0173. The van der Waals surface area contributed by atoms with E-state index in [1.165, 1.54) is 109 Å². The van der Waals surface area contributed by atoms with Gasteiger partial charge in [-0.05, 0) is 144 Å². The van der Waals surface area contributed by atoms with Gasteiger partial charge in [-0.3, -0.25) is 19.2 Å². The molecule has 7 aromatic rings. The van der Waals surface area contributed by atoms with Crippen LogP contribution in [-0.2, 0) is 55.9 Å². The minimum Gasteiger partial charge on any atom is -0.505 e. The largest absolute Gasteiger partial charge is 0.505 e. The van der Waals surface area contributed by atoms with Gasteiger partial charge in [0.25, 0.3) is 0 Å². The fourth-order valence-corrected chi connectivity index (χ4v) is 10.8. The smallest absolute Gasteiger partial charge is 0.313 e. The maximum absolute atomic E-state index is 13.4. The van der Waals surface area contributed by atoms with Crippen molar-refractivity contribution in [1.82, 2.24) is 40.6 Å². The molecule has 2 heterocycles. The molecule has 84 heavy (non-hydrogen) atoms. The highest BCUT2D eigenvalue weighted by atomic mass is 16.3. The molecule has 6 N–H and O–H groups in total. The van der Waals surface area contributed by atoms with Crippen molar-refractivity contribution in [1.29, 1.82) is 0 Å². The van der Waals surface area contributed by atoms with Gasteiger partial charge in [0.15, 0.2) is 0 Å². The summed E-state index contributed by atoms with van der Waals surface area (Å²) < 4.78 is 0. The molecule has 0 aliphatic rings. The fraction of sp³-hybridized carbons (Fsp3) is 0.500. The Kier molecular flexibility index (Phi) is 23.4. The highest BCUT2D eigenvalue weighted by Crippen LogP contribution is 2.38. The van der Waals surface area contributed by atoms with E-state index < -0.39 is 23.6 Å². The average molecular weight is 1150 g/mol. The molecule has 0 spiro atoms. The van der Waals surface area contributed by atoms with E-state index in [1.54, 1.807) is 0 Å². The molecule has 0 saturated carbocycles. The van der Waals surface area contributed by atoms with Crippen molar-refractivity contribution in [2.24, 2.45) is 0 Å². The number of benzene rings is 5. The number of nitrogens with one attached hydrogen (secondary N) is 4. The first-order chi connectivity index (χ1) is 40.4. The van der Waals surface area contributed by atoms with E-state index in [9.17, 15) is 29.4 Å². The highest BCUT2D eigenvalue weighted by Gasteiger charge is 2.28. The van der Waals surface area contributed by atoms with Gasteiger partial charge in [0, 0.05) is 35.6 Å². The average Bonchev–Trinajstić information content (AvgIpc) is 4.03. The van der Waals surface area contributed by atoms with Crippen molar-refractivity contribution in [2.45, 2.75) is 221 Å². The van der Waals surface area contributed by atoms with E-state index >= 15 is 0 Å². The van der Waals surface area contributed by atoms with Gasteiger partial charge in [0.05, 0.1) is 0 Å². The third kappa shape index (κ3) is 17.7. The van der Waals surface area contributed by atoms with E-state index in [1.807, 2.05) is 36.4 Å². The van der Waals surface area contributed by atoms with Crippen molar-refractivity contribution >= 4 is 57.1 Å². The van der Waals surface area contributed by atoms with Gasteiger partial charge in [-0.25, -0.2) is 0 Å². The van der Waals surface area contributed by atoms with E-state index in [-0.39, 0.29) is 46.8 Å². The molecule has 2 aromatic heterocycles. The normalized spacial score (nSPS) is 11.8. The molecule has 0 fully saturated rings. The summed E-state index contributed by atoms with van der Waals surface area (Å²) in [6, 6.07) is 25.8. The number of fused-ring (bicyclic) bond motifs is 2. The summed E-state index contributed by atoms with van der Waals surface area (Å²) >= 11 is 0. The van der Waals surface area contributed by atoms with Gasteiger partial charge >= 0.3 is 23.6 Å². The van der Waals surface area contributed by atoms with E-state index in [0.29, 0.717) is 33.5 Å². The molecule has 16 heteroatoms. The minimum absolute atomic E-state index is 0.106. The van der Waals surface area contributed by atoms with Crippen LogP contribution < -0.4 is 21.3 Å². The van der Waals surface area contributed by atoms with Crippen LogP contribution in [-0.4, -0.2) is 63.8 Å². The lowest BCUT2D eigenvalue weighted by molar-refractivity contribution is -0.136. The zero-order chi connectivity index (χ0) is 60.2. The van der Waals surface area contributed by atoms with Gasteiger partial charge in [0.2, 0.25) is 0 Å².